The molecule has 0 radical (unpaired) electrons. The van der Waals surface area contributed by atoms with E-state index >= 15 is 0 Å². The topological polar surface area (TPSA) is 84.7 Å². The number of carbonyl (C=O) groups excluding carboxylic acids is 1. The number of rotatable bonds is 2. The molecule has 1 aromatic carbocycles. The second-order valence-corrected chi connectivity index (χ2v) is 3.90. The number of hydrogen-bond acceptors (Lipinski definition) is 4. The lowest BCUT2D eigenvalue weighted by Gasteiger charge is -2.01. The third kappa shape index (κ3) is 1.53. The van der Waals surface area contributed by atoms with Crippen LogP contribution in [0.3, 0.4) is 0 Å². The Morgan fingerprint density at radius 2 is 2.11 bits per heavy atom. The van der Waals surface area contributed by atoms with Gasteiger partial charge >= 0.3 is 0 Å². The highest BCUT2D eigenvalue weighted by Crippen LogP contribution is 2.26. The molecule has 0 aliphatic heterocycles. The second-order valence-electron chi connectivity index (χ2n) is 3.90. The first kappa shape index (κ1) is 10.5. The molecule has 0 fully saturated rings. The molecule has 0 aliphatic rings. The van der Waals surface area contributed by atoms with Gasteiger partial charge in [0.05, 0.1) is 5.56 Å². The summed E-state index contributed by atoms with van der Waals surface area (Å²) in [5.41, 5.74) is 7.87. The molecule has 3 rings (SSSR count). The molecule has 5 nitrogen and oxygen atoms in total. The van der Waals surface area contributed by atoms with Crippen LogP contribution in [-0.4, -0.2) is 21.2 Å². The van der Waals surface area contributed by atoms with Crippen LogP contribution in [0.1, 0.15) is 10.4 Å². The van der Waals surface area contributed by atoms with E-state index in [1.165, 1.54) is 6.20 Å². The lowest BCUT2D eigenvalue weighted by Crippen LogP contribution is -2.00. The van der Waals surface area contributed by atoms with Crippen molar-refractivity contribution in [2.24, 2.45) is 0 Å². The summed E-state index contributed by atoms with van der Waals surface area (Å²) in [5, 5.41) is 1.02. The third-order valence-electron chi connectivity index (χ3n) is 2.81. The average Bonchev–Trinajstić information content (AvgIpc) is 2.82. The zero-order valence-corrected chi connectivity index (χ0v) is 9.42. The van der Waals surface area contributed by atoms with Gasteiger partial charge in [0.2, 0.25) is 0 Å². The van der Waals surface area contributed by atoms with Gasteiger partial charge in [0.15, 0.2) is 12.1 Å². The van der Waals surface area contributed by atoms with Crippen molar-refractivity contribution >= 4 is 23.0 Å². The summed E-state index contributed by atoms with van der Waals surface area (Å²) in [7, 11) is 0. The minimum absolute atomic E-state index is 0.195. The molecule has 0 unspecified atom stereocenters. The van der Waals surface area contributed by atoms with Crippen LogP contribution in [0.25, 0.3) is 22.3 Å². The quantitative estimate of drug-likeness (QED) is 0.669. The van der Waals surface area contributed by atoms with Crippen LogP contribution in [-0.2, 0) is 0 Å². The van der Waals surface area contributed by atoms with Crippen molar-refractivity contribution in [3.8, 4) is 11.4 Å². The maximum absolute atomic E-state index is 10.7. The maximum Gasteiger partial charge on any atom is 0.163 e. The molecule has 3 N–H and O–H groups in total. The Morgan fingerprint density at radius 3 is 2.89 bits per heavy atom. The zero-order valence-electron chi connectivity index (χ0n) is 9.42. The van der Waals surface area contributed by atoms with E-state index in [1.54, 1.807) is 0 Å². The first-order chi connectivity index (χ1) is 8.79. The second kappa shape index (κ2) is 3.96. The Morgan fingerprint density at radius 1 is 1.28 bits per heavy atom. The normalized spacial score (nSPS) is 10.7. The summed E-state index contributed by atoms with van der Waals surface area (Å²) in [4.78, 5) is 22.1. The Labute approximate surface area is 103 Å². The molecule has 2 aromatic heterocycles. The highest BCUT2D eigenvalue weighted by Gasteiger charge is 2.10. The van der Waals surface area contributed by atoms with Gasteiger partial charge < -0.3 is 10.7 Å². The van der Waals surface area contributed by atoms with E-state index in [9.17, 15) is 4.79 Å². The van der Waals surface area contributed by atoms with Crippen molar-refractivity contribution in [3.05, 3.63) is 42.2 Å². The van der Waals surface area contributed by atoms with Crippen molar-refractivity contribution in [2.45, 2.75) is 0 Å². The minimum Gasteiger partial charge on any atom is -0.383 e. The van der Waals surface area contributed by atoms with Gasteiger partial charge in [-0.25, -0.2) is 9.97 Å². The molecule has 0 saturated heterocycles. The number of nitrogen functional groups attached to an aromatic ring is 1. The number of carbonyl (C=O) groups is 1. The number of aldehydes is 1. The summed E-state index contributed by atoms with van der Waals surface area (Å²) >= 11 is 0. The molecule has 0 spiro atoms. The van der Waals surface area contributed by atoms with Gasteiger partial charge in [0, 0.05) is 28.9 Å². The van der Waals surface area contributed by atoms with E-state index < -0.39 is 0 Å². The summed E-state index contributed by atoms with van der Waals surface area (Å²) in [6.07, 6.45) is 3.92. The molecule has 18 heavy (non-hydrogen) atoms. The number of anilines is 1. The lowest BCUT2D eigenvalue weighted by atomic mass is 10.1. The number of benzene rings is 1. The van der Waals surface area contributed by atoms with Gasteiger partial charge in [-0.1, -0.05) is 18.2 Å². The monoisotopic (exact) mass is 238 g/mol. The summed E-state index contributed by atoms with van der Waals surface area (Å²) in [5.74, 6) is 0.704. The largest absolute Gasteiger partial charge is 0.383 e. The van der Waals surface area contributed by atoms with Gasteiger partial charge in [-0.05, 0) is 6.07 Å². The van der Waals surface area contributed by atoms with E-state index in [0.717, 1.165) is 16.5 Å². The molecular weight excluding hydrogens is 228 g/mol. The fourth-order valence-corrected chi connectivity index (χ4v) is 1.88. The van der Waals surface area contributed by atoms with E-state index in [2.05, 4.69) is 15.0 Å². The predicted molar refractivity (Wildman–Crippen MR) is 69.1 cm³/mol. The molecule has 0 amide bonds. The molecule has 2 heterocycles. The van der Waals surface area contributed by atoms with E-state index in [1.807, 2.05) is 30.5 Å². The average molecular weight is 238 g/mol. The molecule has 0 aliphatic carbocycles. The van der Waals surface area contributed by atoms with Crippen LogP contribution in [0.2, 0.25) is 0 Å². The van der Waals surface area contributed by atoms with Gasteiger partial charge in [-0.2, -0.15) is 0 Å². The number of nitrogens with one attached hydrogen (secondary N) is 1. The van der Waals surface area contributed by atoms with Crippen LogP contribution < -0.4 is 5.73 Å². The molecule has 3 aromatic rings. The first-order valence-electron chi connectivity index (χ1n) is 5.44. The number of para-hydroxylation sites is 1. The van der Waals surface area contributed by atoms with Gasteiger partial charge in [-0.3, -0.25) is 4.79 Å². The Bertz CT molecular complexity index is 733. The SMILES string of the molecule is Nc1nc(-c2c[nH]c3ccccc23)ncc1C=O. The summed E-state index contributed by atoms with van der Waals surface area (Å²) in [6.45, 7) is 0. The number of fused-ring (bicyclic) bond motifs is 1. The lowest BCUT2D eigenvalue weighted by molar-refractivity contribution is 0.112. The standard InChI is InChI=1S/C13H10N4O/c14-12-8(7-18)5-16-13(17-12)10-6-15-11-4-2-1-3-9(10)11/h1-7,15H,(H2,14,16,17). The van der Waals surface area contributed by atoms with Crippen LogP contribution in [0, 0.1) is 0 Å². The highest BCUT2D eigenvalue weighted by atomic mass is 16.1. The van der Waals surface area contributed by atoms with Crippen molar-refractivity contribution in [3.63, 3.8) is 0 Å². The Balaban J connectivity index is 2.20. The molecule has 0 atom stereocenters. The number of aromatic nitrogens is 3. The number of aromatic amines is 1. The number of nitrogens with zero attached hydrogens (tertiary/aromatic N) is 2. The van der Waals surface area contributed by atoms with Crippen molar-refractivity contribution < 1.29 is 4.79 Å². The predicted octanol–water partition coefficient (Wildman–Crippen LogP) is 2.02. The van der Waals surface area contributed by atoms with Gasteiger partial charge in [0.25, 0.3) is 0 Å². The fourth-order valence-electron chi connectivity index (χ4n) is 1.88. The summed E-state index contributed by atoms with van der Waals surface area (Å²) < 4.78 is 0. The maximum atomic E-state index is 10.7. The molecule has 0 bridgehead atoms. The van der Waals surface area contributed by atoms with Crippen LogP contribution in [0.15, 0.2) is 36.7 Å². The van der Waals surface area contributed by atoms with Crippen LogP contribution in [0.4, 0.5) is 5.82 Å². The molecule has 5 heteroatoms. The Hall–Kier alpha value is -2.69. The highest BCUT2D eigenvalue weighted by molar-refractivity contribution is 5.94. The van der Waals surface area contributed by atoms with Gasteiger partial charge in [0.1, 0.15) is 5.82 Å². The Kier molecular flexibility index (Phi) is 2.30. The molecule has 0 saturated carbocycles. The van der Waals surface area contributed by atoms with E-state index in [-0.39, 0.29) is 5.82 Å². The smallest absolute Gasteiger partial charge is 0.163 e. The fraction of sp³-hybridized carbons (Fsp3) is 0. The van der Waals surface area contributed by atoms with Crippen molar-refractivity contribution in [1.29, 1.82) is 0 Å². The van der Waals surface area contributed by atoms with Gasteiger partial charge in [-0.15, -0.1) is 0 Å². The number of nitrogens with two attached hydrogens (primary N) is 1. The zero-order chi connectivity index (χ0) is 12.5. The summed E-state index contributed by atoms with van der Waals surface area (Å²) in [6, 6.07) is 7.85. The first-order valence-corrected chi connectivity index (χ1v) is 5.44. The number of H-pyrrole nitrogens is 1. The number of hydrogen-bond donors (Lipinski definition) is 2. The minimum atomic E-state index is 0.195. The van der Waals surface area contributed by atoms with E-state index in [0.29, 0.717) is 17.7 Å². The van der Waals surface area contributed by atoms with Crippen molar-refractivity contribution in [2.75, 3.05) is 5.73 Å². The molecular formula is C13H10N4O. The third-order valence-corrected chi connectivity index (χ3v) is 2.81. The van der Waals surface area contributed by atoms with Crippen LogP contribution in [0.5, 0.6) is 0 Å². The van der Waals surface area contributed by atoms with Crippen LogP contribution >= 0.6 is 0 Å². The molecule has 88 valence electrons. The van der Waals surface area contributed by atoms with Crippen molar-refractivity contribution in [1.82, 2.24) is 15.0 Å². The van der Waals surface area contributed by atoms with E-state index in [4.69, 9.17) is 5.73 Å².